The molecule has 3 aromatic rings. The normalized spacial score (nSPS) is 13.2. The highest BCUT2D eigenvalue weighted by molar-refractivity contribution is 6.32. The van der Waals surface area contributed by atoms with E-state index in [4.69, 9.17) is 21.1 Å². The van der Waals surface area contributed by atoms with Crippen LogP contribution in [0.25, 0.3) is 10.9 Å². The number of aromatic nitrogens is 2. The number of halogens is 1. The van der Waals surface area contributed by atoms with E-state index in [-0.39, 0.29) is 36.5 Å². The molecule has 0 unspecified atom stereocenters. The second-order valence-corrected chi connectivity index (χ2v) is 8.90. The standard InChI is InChI=1S/C25H27ClN4O6/c1-35-20-13-21(36-2)18(12-17(20)26)28-22(31)14-30-19-9-4-3-8-16(19)24(33)29(25(30)34)11-10-27-23(32)15-6-5-7-15/h3-4,8-9,12-13,15H,5-7,10-11,14H2,1-2H3,(H,27,32)(H,28,31). The van der Waals surface area contributed by atoms with Gasteiger partial charge in [-0.25, -0.2) is 4.79 Å². The number of benzene rings is 2. The summed E-state index contributed by atoms with van der Waals surface area (Å²) in [4.78, 5) is 51.4. The largest absolute Gasteiger partial charge is 0.495 e. The van der Waals surface area contributed by atoms with Crippen LogP contribution in [0.2, 0.25) is 5.02 Å². The van der Waals surface area contributed by atoms with E-state index < -0.39 is 17.2 Å². The van der Waals surface area contributed by atoms with E-state index in [1.165, 1.54) is 30.9 Å². The number of nitrogens with zero attached hydrogens (tertiary/aromatic N) is 2. The Labute approximate surface area is 211 Å². The summed E-state index contributed by atoms with van der Waals surface area (Å²) >= 11 is 6.19. The Balaban J connectivity index is 1.60. The Morgan fingerprint density at radius 2 is 1.78 bits per heavy atom. The van der Waals surface area contributed by atoms with Crippen molar-refractivity contribution in [1.29, 1.82) is 0 Å². The van der Waals surface area contributed by atoms with Crippen molar-refractivity contribution >= 4 is 40.0 Å². The topological polar surface area (TPSA) is 121 Å². The minimum Gasteiger partial charge on any atom is -0.495 e. The molecule has 0 aliphatic heterocycles. The molecule has 10 nitrogen and oxygen atoms in total. The average Bonchev–Trinajstić information content (AvgIpc) is 2.83. The van der Waals surface area contributed by atoms with Gasteiger partial charge in [-0.05, 0) is 31.0 Å². The lowest BCUT2D eigenvalue weighted by Crippen LogP contribution is -2.44. The van der Waals surface area contributed by atoms with E-state index in [1.807, 2.05) is 0 Å². The molecule has 4 rings (SSSR count). The van der Waals surface area contributed by atoms with Crippen LogP contribution in [0.1, 0.15) is 19.3 Å². The maximum absolute atomic E-state index is 13.3. The van der Waals surface area contributed by atoms with Crippen molar-refractivity contribution in [3.63, 3.8) is 0 Å². The number of hydrogen-bond donors (Lipinski definition) is 2. The third-order valence-electron chi connectivity index (χ3n) is 6.29. The van der Waals surface area contributed by atoms with E-state index in [1.54, 1.807) is 24.3 Å². The monoisotopic (exact) mass is 514 g/mol. The van der Waals surface area contributed by atoms with Crippen molar-refractivity contribution < 1.29 is 19.1 Å². The number of carbonyl (C=O) groups excluding carboxylic acids is 2. The van der Waals surface area contributed by atoms with Gasteiger partial charge in [-0.15, -0.1) is 0 Å². The van der Waals surface area contributed by atoms with Gasteiger partial charge in [0.2, 0.25) is 11.8 Å². The zero-order valence-electron chi connectivity index (χ0n) is 20.0. The molecule has 1 fully saturated rings. The predicted molar refractivity (Wildman–Crippen MR) is 136 cm³/mol. The van der Waals surface area contributed by atoms with E-state index >= 15 is 0 Å². The molecular formula is C25H27ClN4O6. The summed E-state index contributed by atoms with van der Waals surface area (Å²) in [5.41, 5.74) is -0.491. The van der Waals surface area contributed by atoms with Gasteiger partial charge < -0.3 is 20.1 Å². The highest BCUT2D eigenvalue weighted by atomic mass is 35.5. The zero-order valence-corrected chi connectivity index (χ0v) is 20.8. The first kappa shape index (κ1) is 25.3. The molecule has 1 aliphatic carbocycles. The summed E-state index contributed by atoms with van der Waals surface area (Å²) in [5, 5.41) is 6.06. The third-order valence-corrected chi connectivity index (χ3v) is 6.59. The van der Waals surface area contributed by atoms with Crippen LogP contribution < -0.4 is 31.4 Å². The van der Waals surface area contributed by atoms with Gasteiger partial charge in [0.1, 0.15) is 18.0 Å². The molecule has 1 aromatic heterocycles. The number of methoxy groups -OCH3 is 2. The fraction of sp³-hybridized carbons (Fsp3) is 0.360. The Morgan fingerprint density at radius 3 is 2.44 bits per heavy atom. The van der Waals surface area contributed by atoms with Crippen LogP contribution in [0.4, 0.5) is 5.69 Å². The van der Waals surface area contributed by atoms with Crippen LogP contribution >= 0.6 is 11.6 Å². The van der Waals surface area contributed by atoms with Gasteiger partial charge >= 0.3 is 5.69 Å². The molecule has 2 N–H and O–H groups in total. The molecule has 1 saturated carbocycles. The number of nitrogens with one attached hydrogen (secondary N) is 2. The van der Waals surface area contributed by atoms with Gasteiger partial charge in [-0.1, -0.05) is 30.2 Å². The lowest BCUT2D eigenvalue weighted by molar-refractivity contribution is -0.127. The Hall–Kier alpha value is -3.79. The van der Waals surface area contributed by atoms with E-state index in [2.05, 4.69) is 10.6 Å². The molecule has 11 heteroatoms. The summed E-state index contributed by atoms with van der Waals surface area (Å²) in [6.45, 7) is -0.234. The summed E-state index contributed by atoms with van der Waals surface area (Å²) in [7, 11) is 2.90. The molecular weight excluding hydrogens is 488 g/mol. The number of rotatable bonds is 9. The van der Waals surface area contributed by atoms with Gasteiger partial charge in [0.15, 0.2) is 0 Å². The second kappa shape index (κ2) is 10.9. The fourth-order valence-electron chi connectivity index (χ4n) is 4.12. The maximum atomic E-state index is 13.3. The first-order valence-corrected chi connectivity index (χ1v) is 11.9. The first-order valence-electron chi connectivity index (χ1n) is 11.6. The molecule has 1 heterocycles. The van der Waals surface area contributed by atoms with Crippen molar-refractivity contribution in [2.75, 3.05) is 26.1 Å². The van der Waals surface area contributed by atoms with Gasteiger partial charge in [0.25, 0.3) is 5.56 Å². The molecule has 0 atom stereocenters. The molecule has 36 heavy (non-hydrogen) atoms. The van der Waals surface area contributed by atoms with Crippen LogP contribution in [0.3, 0.4) is 0 Å². The number of anilines is 1. The highest BCUT2D eigenvalue weighted by Crippen LogP contribution is 2.35. The van der Waals surface area contributed by atoms with Crippen molar-refractivity contribution in [2.24, 2.45) is 5.92 Å². The number of carbonyl (C=O) groups is 2. The smallest absolute Gasteiger partial charge is 0.332 e. The summed E-state index contributed by atoms with van der Waals surface area (Å²) in [6, 6.07) is 9.61. The summed E-state index contributed by atoms with van der Waals surface area (Å²) in [6.07, 6.45) is 2.74. The van der Waals surface area contributed by atoms with E-state index in [0.29, 0.717) is 28.1 Å². The van der Waals surface area contributed by atoms with Crippen molar-refractivity contribution in [3.05, 3.63) is 62.3 Å². The van der Waals surface area contributed by atoms with Gasteiger partial charge in [-0.3, -0.25) is 23.5 Å². The van der Waals surface area contributed by atoms with Crippen LogP contribution in [-0.4, -0.2) is 41.7 Å². The van der Waals surface area contributed by atoms with Crippen molar-refractivity contribution in [2.45, 2.75) is 32.4 Å². The van der Waals surface area contributed by atoms with E-state index in [9.17, 15) is 19.2 Å². The SMILES string of the molecule is COc1cc(OC)c(NC(=O)Cn2c(=O)n(CCNC(=O)C3CCC3)c(=O)c3ccccc32)cc1Cl. The molecule has 190 valence electrons. The predicted octanol–water partition coefficient (Wildman–Crippen LogP) is 2.39. The van der Waals surface area contributed by atoms with Gasteiger partial charge in [0.05, 0.1) is 35.8 Å². The highest BCUT2D eigenvalue weighted by Gasteiger charge is 2.25. The number of amides is 2. The lowest BCUT2D eigenvalue weighted by atomic mass is 9.85. The lowest BCUT2D eigenvalue weighted by Gasteiger charge is -2.24. The molecule has 0 radical (unpaired) electrons. The van der Waals surface area contributed by atoms with Gasteiger partial charge in [-0.2, -0.15) is 0 Å². The quantitative estimate of drug-likeness (QED) is 0.452. The molecule has 1 aliphatic rings. The Morgan fingerprint density at radius 1 is 1.06 bits per heavy atom. The van der Waals surface area contributed by atoms with Crippen molar-refractivity contribution in [1.82, 2.24) is 14.5 Å². The third kappa shape index (κ3) is 5.08. The van der Waals surface area contributed by atoms with Crippen LogP contribution in [-0.2, 0) is 22.7 Å². The minimum absolute atomic E-state index is 0.00197. The number of fused-ring (bicyclic) bond motifs is 1. The molecule has 2 amide bonds. The second-order valence-electron chi connectivity index (χ2n) is 8.50. The Kier molecular flexibility index (Phi) is 7.64. The minimum atomic E-state index is -0.647. The molecule has 0 spiro atoms. The van der Waals surface area contributed by atoms with Gasteiger partial charge in [0, 0.05) is 25.1 Å². The Bertz CT molecular complexity index is 1430. The van der Waals surface area contributed by atoms with E-state index in [0.717, 1.165) is 23.8 Å². The number of para-hydroxylation sites is 1. The molecule has 2 aromatic carbocycles. The fourth-order valence-corrected chi connectivity index (χ4v) is 4.36. The number of ether oxygens (including phenoxy) is 2. The summed E-state index contributed by atoms with van der Waals surface area (Å²) < 4.78 is 12.8. The molecule has 0 saturated heterocycles. The van der Waals surface area contributed by atoms with Crippen LogP contribution in [0.15, 0.2) is 46.0 Å². The van der Waals surface area contributed by atoms with Crippen LogP contribution in [0, 0.1) is 5.92 Å². The number of hydrogen-bond acceptors (Lipinski definition) is 6. The maximum Gasteiger partial charge on any atom is 0.332 e. The van der Waals surface area contributed by atoms with Crippen LogP contribution in [0.5, 0.6) is 11.5 Å². The van der Waals surface area contributed by atoms with Crippen molar-refractivity contribution in [3.8, 4) is 11.5 Å². The first-order chi connectivity index (χ1) is 17.3. The summed E-state index contributed by atoms with van der Waals surface area (Å²) in [5.74, 6) is 0.119. The molecule has 0 bridgehead atoms. The zero-order chi connectivity index (χ0) is 25.8. The average molecular weight is 515 g/mol.